The molecule has 0 saturated heterocycles. The molecule has 0 N–H and O–H groups in total. The van der Waals surface area contributed by atoms with Crippen LogP contribution in [0.4, 0.5) is 34.1 Å². The Hall–Kier alpha value is -10.5. The number of nitrogens with zero attached hydrogens (tertiary/aromatic N) is 2. The van der Waals surface area contributed by atoms with Crippen molar-refractivity contribution in [3.8, 4) is 44.5 Å². The normalized spacial score (nSPS) is 14.2. The standard InChI is InChI=1S/C80H50N2/c1-2-24-51(25-3-1)53-48-52-26-4-5-27-54(52)63(49-53)78-59-32-22-46-72(81-74-42-18-14-38-68(74)79(69-39-15-19-43-75(69)81)64-34-10-6-28-55(64)56-29-7-11-35-65(56)79)61(59)50-62-60(78)33-23-47-73(62)82-76-44-20-16-40-70(76)80(71-41-17-21-45-77(71)82)66-36-12-8-30-57(66)58-31-9-13-37-67(58)80/h1-50H. The van der Waals surface area contributed by atoms with Gasteiger partial charge in [0, 0.05) is 10.8 Å². The van der Waals surface area contributed by atoms with Crippen LogP contribution >= 0.6 is 0 Å². The lowest BCUT2D eigenvalue weighted by molar-refractivity contribution is 0.753. The van der Waals surface area contributed by atoms with Gasteiger partial charge < -0.3 is 9.80 Å². The molecule has 14 aromatic rings. The number of para-hydroxylation sites is 4. The van der Waals surface area contributed by atoms with Gasteiger partial charge in [-0.3, -0.25) is 0 Å². The van der Waals surface area contributed by atoms with E-state index in [-0.39, 0.29) is 0 Å². The average Bonchev–Trinajstić information content (AvgIpc) is 3.35. The van der Waals surface area contributed by atoms with Crippen molar-refractivity contribution in [2.75, 3.05) is 9.80 Å². The summed E-state index contributed by atoms with van der Waals surface area (Å²) in [5.41, 5.74) is 26.3. The summed E-state index contributed by atoms with van der Waals surface area (Å²) in [6.45, 7) is 0. The molecule has 2 nitrogen and oxygen atoms in total. The van der Waals surface area contributed by atoms with E-state index in [1.54, 1.807) is 0 Å². The third-order valence-corrected chi connectivity index (χ3v) is 18.8. The Morgan fingerprint density at radius 2 is 0.524 bits per heavy atom. The maximum absolute atomic E-state index is 2.59. The fourth-order valence-corrected chi connectivity index (χ4v) is 15.8. The molecule has 14 aromatic carbocycles. The number of hydrogen-bond acceptors (Lipinski definition) is 2. The zero-order chi connectivity index (χ0) is 53.7. The van der Waals surface area contributed by atoms with Crippen molar-refractivity contribution < 1.29 is 0 Å². The molecule has 0 atom stereocenters. The second-order valence-electron chi connectivity index (χ2n) is 22.5. The van der Waals surface area contributed by atoms with E-state index in [0.29, 0.717) is 0 Å². The van der Waals surface area contributed by atoms with Crippen LogP contribution in [0.3, 0.4) is 0 Å². The third-order valence-electron chi connectivity index (χ3n) is 18.8. The fraction of sp³-hybridized carbons (Fsp3) is 0.0250. The van der Waals surface area contributed by atoms with Crippen molar-refractivity contribution >= 4 is 66.4 Å². The summed E-state index contributed by atoms with van der Waals surface area (Å²) in [6.07, 6.45) is 0. The Morgan fingerprint density at radius 3 is 0.951 bits per heavy atom. The lowest BCUT2D eigenvalue weighted by Crippen LogP contribution is -2.36. The summed E-state index contributed by atoms with van der Waals surface area (Å²) in [5, 5.41) is 7.17. The third kappa shape index (κ3) is 5.82. The highest BCUT2D eigenvalue weighted by Crippen LogP contribution is 2.66. The van der Waals surface area contributed by atoms with Crippen molar-refractivity contribution in [1.29, 1.82) is 0 Å². The van der Waals surface area contributed by atoms with Crippen molar-refractivity contribution in [2.24, 2.45) is 0 Å². The topological polar surface area (TPSA) is 6.48 Å². The van der Waals surface area contributed by atoms with E-state index in [1.807, 2.05) is 0 Å². The largest absolute Gasteiger partial charge is 0.309 e. The Kier molecular flexibility index (Phi) is 9.39. The van der Waals surface area contributed by atoms with Gasteiger partial charge >= 0.3 is 0 Å². The Balaban J connectivity index is 0.960. The molecule has 2 heterocycles. The number of benzene rings is 14. The molecule has 0 radical (unpaired) electrons. The van der Waals surface area contributed by atoms with Crippen molar-refractivity contribution in [3.05, 3.63) is 348 Å². The van der Waals surface area contributed by atoms with E-state index < -0.39 is 10.8 Å². The van der Waals surface area contributed by atoms with Gasteiger partial charge in [0.2, 0.25) is 0 Å². The lowest BCUT2D eigenvalue weighted by atomic mass is 9.64. The Bertz CT molecular complexity index is 4590. The first-order valence-corrected chi connectivity index (χ1v) is 28.7. The molecule has 0 fully saturated rings. The predicted octanol–water partition coefficient (Wildman–Crippen LogP) is 20.8. The van der Waals surface area contributed by atoms with Crippen LogP contribution in [0.5, 0.6) is 0 Å². The number of hydrogen-bond donors (Lipinski definition) is 0. The van der Waals surface area contributed by atoms with Gasteiger partial charge in [-0.05, 0) is 165 Å². The van der Waals surface area contributed by atoms with E-state index in [1.165, 1.54) is 144 Å². The van der Waals surface area contributed by atoms with E-state index in [9.17, 15) is 0 Å². The summed E-state index contributed by atoms with van der Waals surface area (Å²) >= 11 is 0. The van der Waals surface area contributed by atoms with Gasteiger partial charge in [-0.25, -0.2) is 0 Å². The van der Waals surface area contributed by atoms with E-state index >= 15 is 0 Å². The van der Waals surface area contributed by atoms with Crippen LogP contribution < -0.4 is 9.80 Å². The first kappa shape index (κ1) is 45.3. The zero-order valence-corrected chi connectivity index (χ0v) is 44.8. The molecule has 2 aliphatic heterocycles. The van der Waals surface area contributed by atoms with Crippen molar-refractivity contribution in [2.45, 2.75) is 10.8 Å². The van der Waals surface area contributed by atoms with Crippen LogP contribution in [0.25, 0.3) is 76.8 Å². The van der Waals surface area contributed by atoms with Crippen LogP contribution in [0.1, 0.15) is 44.5 Å². The highest BCUT2D eigenvalue weighted by Gasteiger charge is 2.53. The molecule has 0 aromatic heterocycles. The van der Waals surface area contributed by atoms with Crippen LogP contribution in [-0.4, -0.2) is 0 Å². The van der Waals surface area contributed by atoms with E-state index in [4.69, 9.17) is 0 Å². The van der Waals surface area contributed by atoms with Crippen LogP contribution in [0, 0.1) is 0 Å². The highest BCUT2D eigenvalue weighted by molar-refractivity contribution is 6.23. The van der Waals surface area contributed by atoms with Crippen LogP contribution in [-0.2, 0) is 10.8 Å². The minimum absolute atomic E-state index is 0.532. The van der Waals surface area contributed by atoms with E-state index in [0.717, 1.165) is 11.4 Å². The molecule has 380 valence electrons. The van der Waals surface area contributed by atoms with Gasteiger partial charge in [0.1, 0.15) is 0 Å². The molecule has 82 heavy (non-hydrogen) atoms. The molecule has 0 bridgehead atoms. The monoisotopic (exact) mass is 1040 g/mol. The Labute approximate surface area is 476 Å². The highest BCUT2D eigenvalue weighted by atomic mass is 15.2. The summed E-state index contributed by atoms with van der Waals surface area (Å²) < 4.78 is 0. The summed E-state index contributed by atoms with van der Waals surface area (Å²) in [4.78, 5) is 5.17. The zero-order valence-electron chi connectivity index (χ0n) is 44.8. The van der Waals surface area contributed by atoms with Crippen LogP contribution in [0.15, 0.2) is 303 Å². The second kappa shape index (κ2) is 17.0. The number of anilines is 6. The Morgan fingerprint density at radius 1 is 0.195 bits per heavy atom. The van der Waals surface area contributed by atoms with Gasteiger partial charge in [0.25, 0.3) is 0 Å². The molecule has 0 amide bonds. The molecule has 0 unspecified atom stereocenters. The lowest BCUT2D eigenvalue weighted by Gasteiger charge is -2.45. The molecule has 18 rings (SSSR count). The molecule has 2 spiro atoms. The maximum atomic E-state index is 2.59. The fourth-order valence-electron chi connectivity index (χ4n) is 15.8. The summed E-state index contributed by atoms with van der Waals surface area (Å²) in [5.74, 6) is 0. The molecule has 0 saturated carbocycles. The molecule has 2 heteroatoms. The quantitative estimate of drug-likeness (QED) is 0.162. The minimum Gasteiger partial charge on any atom is -0.309 e. The smallest absolute Gasteiger partial charge is 0.0754 e. The molecular weight excluding hydrogens is 989 g/mol. The first-order valence-electron chi connectivity index (χ1n) is 28.7. The minimum atomic E-state index is -0.532. The molecule has 2 aliphatic carbocycles. The molecular formula is C80H50N2. The predicted molar refractivity (Wildman–Crippen MR) is 341 cm³/mol. The van der Waals surface area contributed by atoms with Gasteiger partial charge in [0.05, 0.1) is 45.0 Å². The van der Waals surface area contributed by atoms with E-state index in [2.05, 4.69) is 313 Å². The van der Waals surface area contributed by atoms with Gasteiger partial charge in [-0.2, -0.15) is 0 Å². The summed E-state index contributed by atoms with van der Waals surface area (Å²) in [6, 6.07) is 115. The SMILES string of the molecule is c1ccc(-c2cc(-c3c4cccc(N5c6ccccc6C6(c7ccccc7-c7ccccc76)c6ccccc65)c4cc4c(N5c6ccccc6C6(c7ccccc7-c7ccccc76)c6ccccc65)cccc34)c3ccccc3c2)cc1. The second-order valence-corrected chi connectivity index (χ2v) is 22.5. The number of rotatable bonds is 4. The van der Waals surface area contributed by atoms with Crippen LogP contribution in [0.2, 0.25) is 0 Å². The van der Waals surface area contributed by atoms with Gasteiger partial charge in [-0.1, -0.05) is 249 Å². The molecule has 4 aliphatic rings. The van der Waals surface area contributed by atoms with Crippen molar-refractivity contribution in [1.82, 2.24) is 0 Å². The summed E-state index contributed by atoms with van der Waals surface area (Å²) in [7, 11) is 0. The average molecular weight is 1040 g/mol. The number of fused-ring (bicyclic) bond motifs is 21. The van der Waals surface area contributed by atoms with Gasteiger partial charge in [-0.15, -0.1) is 0 Å². The maximum Gasteiger partial charge on any atom is 0.0754 e. The van der Waals surface area contributed by atoms with Gasteiger partial charge in [0.15, 0.2) is 0 Å². The van der Waals surface area contributed by atoms with Crippen molar-refractivity contribution in [3.63, 3.8) is 0 Å². The first-order chi connectivity index (χ1) is 40.7.